The van der Waals surface area contributed by atoms with E-state index in [1.807, 2.05) is 45.0 Å². The first-order valence-electron chi connectivity index (χ1n) is 10.3. The molecule has 0 fully saturated rings. The van der Waals surface area contributed by atoms with Gasteiger partial charge >= 0.3 is 0 Å². The van der Waals surface area contributed by atoms with Gasteiger partial charge < -0.3 is 10.2 Å². The molecule has 1 atom stereocenters. The number of sulfonamides is 1. The van der Waals surface area contributed by atoms with Crippen LogP contribution in [0.4, 0.5) is 5.69 Å². The molecular formula is C23H30BrN3O4S. The fraction of sp³-hybridized carbons (Fsp3) is 0.391. The standard InChI is InChI=1S/C23H30BrN3O4S/c1-6-21(23(29)25-4)26(14-18-9-7-16(2)8-10-18)22(28)15-27(32(5,30)31)19-11-12-20(24)17(3)13-19/h7-13,21H,6,14-15H2,1-5H3,(H,25,29)/t21-/m0/s1. The molecular weight excluding hydrogens is 494 g/mol. The molecule has 0 unspecified atom stereocenters. The molecule has 32 heavy (non-hydrogen) atoms. The summed E-state index contributed by atoms with van der Waals surface area (Å²) in [5.41, 5.74) is 3.18. The maximum Gasteiger partial charge on any atom is 0.244 e. The number of halogens is 1. The molecule has 0 radical (unpaired) electrons. The SMILES string of the molecule is CC[C@@H](C(=O)NC)N(Cc1ccc(C)cc1)C(=O)CN(c1ccc(Br)c(C)c1)S(C)(=O)=O. The fourth-order valence-electron chi connectivity index (χ4n) is 3.37. The Morgan fingerprint density at radius 2 is 1.72 bits per heavy atom. The van der Waals surface area contributed by atoms with E-state index in [9.17, 15) is 18.0 Å². The van der Waals surface area contributed by atoms with E-state index >= 15 is 0 Å². The second-order valence-electron chi connectivity index (χ2n) is 7.75. The van der Waals surface area contributed by atoms with Crippen LogP contribution < -0.4 is 9.62 Å². The molecule has 0 saturated carbocycles. The highest BCUT2D eigenvalue weighted by Gasteiger charge is 2.31. The van der Waals surface area contributed by atoms with Crippen molar-refractivity contribution in [1.82, 2.24) is 10.2 Å². The molecule has 0 heterocycles. The van der Waals surface area contributed by atoms with Crippen molar-refractivity contribution in [2.75, 3.05) is 24.2 Å². The van der Waals surface area contributed by atoms with Crippen LogP contribution in [-0.2, 0) is 26.2 Å². The van der Waals surface area contributed by atoms with E-state index in [0.29, 0.717) is 12.1 Å². The number of carbonyl (C=O) groups is 2. The Hall–Kier alpha value is -2.39. The molecule has 2 aromatic carbocycles. The lowest BCUT2D eigenvalue weighted by atomic mass is 10.1. The van der Waals surface area contributed by atoms with Crippen LogP contribution in [0.5, 0.6) is 0 Å². The summed E-state index contributed by atoms with van der Waals surface area (Å²) in [6.07, 6.45) is 1.46. The van der Waals surface area contributed by atoms with Crippen molar-refractivity contribution in [1.29, 1.82) is 0 Å². The van der Waals surface area contributed by atoms with Crippen LogP contribution in [0.15, 0.2) is 46.9 Å². The molecule has 7 nitrogen and oxygen atoms in total. The number of benzene rings is 2. The van der Waals surface area contributed by atoms with Crippen molar-refractivity contribution in [3.63, 3.8) is 0 Å². The van der Waals surface area contributed by atoms with Crippen LogP contribution in [0.25, 0.3) is 0 Å². The highest BCUT2D eigenvalue weighted by Crippen LogP contribution is 2.25. The van der Waals surface area contributed by atoms with Gasteiger partial charge in [-0.15, -0.1) is 0 Å². The molecule has 0 aliphatic heterocycles. The van der Waals surface area contributed by atoms with E-state index < -0.39 is 28.5 Å². The third-order valence-corrected chi connectivity index (χ3v) is 7.24. The van der Waals surface area contributed by atoms with Crippen molar-refractivity contribution < 1.29 is 18.0 Å². The van der Waals surface area contributed by atoms with Crippen LogP contribution in [-0.4, -0.2) is 51.0 Å². The molecule has 0 aliphatic carbocycles. The summed E-state index contributed by atoms with van der Waals surface area (Å²) >= 11 is 3.41. The zero-order chi connectivity index (χ0) is 24.1. The number of rotatable bonds is 9. The van der Waals surface area contributed by atoms with Crippen LogP contribution >= 0.6 is 15.9 Å². The predicted octanol–water partition coefficient (Wildman–Crippen LogP) is 3.39. The van der Waals surface area contributed by atoms with Crippen molar-refractivity contribution in [2.24, 2.45) is 0 Å². The van der Waals surface area contributed by atoms with Crippen molar-refractivity contribution in [3.05, 3.63) is 63.6 Å². The Labute approximate surface area is 199 Å². The minimum Gasteiger partial charge on any atom is -0.357 e. The van der Waals surface area contributed by atoms with Crippen LogP contribution in [0, 0.1) is 13.8 Å². The van der Waals surface area contributed by atoms with E-state index in [1.54, 1.807) is 18.2 Å². The van der Waals surface area contributed by atoms with Gasteiger partial charge in [0.05, 0.1) is 11.9 Å². The second-order valence-corrected chi connectivity index (χ2v) is 10.5. The third-order valence-electron chi connectivity index (χ3n) is 5.21. The molecule has 2 aromatic rings. The first kappa shape index (κ1) is 25.9. The molecule has 0 bridgehead atoms. The molecule has 2 amide bonds. The van der Waals surface area contributed by atoms with Crippen LogP contribution in [0.1, 0.15) is 30.0 Å². The predicted molar refractivity (Wildman–Crippen MR) is 131 cm³/mol. The van der Waals surface area contributed by atoms with Gasteiger partial charge in [-0.05, 0) is 49.6 Å². The van der Waals surface area contributed by atoms with E-state index in [2.05, 4.69) is 21.2 Å². The Morgan fingerprint density at radius 1 is 1.09 bits per heavy atom. The number of likely N-dealkylation sites (N-methyl/N-ethyl adjacent to an activating group) is 1. The number of aryl methyl sites for hydroxylation is 2. The number of amides is 2. The van der Waals surface area contributed by atoms with Gasteiger partial charge in [-0.3, -0.25) is 13.9 Å². The van der Waals surface area contributed by atoms with Gasteiger partial charge in [-0.2, -0.15) is 0 Å². The van der Waals surface area contributed by atoms with Crippen LogP contribution in [0.3, 0.4) is 0 Å². The number of anilines is 1. The van der Waals surface area contributed by atoms with Gasteiger partial charge in [-0.1, -0.05) is 52.7 Å². The number of nitrogens with one attached hydrogen (secondary N) is 1. The van der Waals surface area contributed by atoms with Gasteiger partial charge in [0.15, 0.2) is 0 Å². The number of hydrogen-bond acceptors (Lipinski definition) is 4. The first-order valence-corrected chi connectivity index (χ1v) is 12.9. The molecule has 1 N–H and O–H groups in total. The molecule has 0 aliphatic rings. The van der Waals surface area contributed by atoms with Crippen molar-refractivity contribution in [2.45, 2.75) is 39.8 Å². The molecule has 0 spiro atoms. The number of hydrogen-bond donors (Lipinski definition) is 1. The third kappa shape index (κ3) is 6.56. The van der Waals surface area contributed by atoms with Gasteiger partial charge in [-0.25, -0.2) is 8.42 Å². The van der Waals surface area contributed by atoms with Crippen LogP contribution in [0.2, 0.25) is 0 Å². The minimum absolute atomic E-state index is 0.196. The van der Waals surface area contributed by atoms with Gasteiger partial charge in [0.2, 0.25) is 21.8 Å². The molecule has 9 heteroatoms. The summed E-state index contributed by atoms with van der Waals surface area (Å²) in [5, 5.41) is 2.61. The molecule has 0 aromatic heterocycles. The summed E-state index contributed by atoms with van der Waals surface area (Å²) in [5.74, 6) is -0.745. The van der Waals surface area contributed by atoms with Crippen molar-refractivity contribution in [3.8, 4) is 0 Å². The average Bonchev–Trinajstić information content (AvgIpc) is 2.74. The maximum absolute atomic E-state index is 13.4. The number of nitrogens with zero attached hydrogens (tertiary/aromatic N) is 2. The molecule has 2 rings (SSSR count). The Bertz CT molecular complexity index is 1070. The summed E-state index contributed by atoms with van der Waals surface area (Å²) in [7, 11) is -2.22. The summed E-state index contributed by atoms with van der Waals surface area (Å²) in [6, 6.07) is 12.1. The smallest absolute Gasteiger partial charge is 0.244 e. The topological polar surface area (TPSA) is 86.8 Å². The Kier molecular flexibility index (Phi) is 8.86. The monoisotopic (exact) mass is 523 g/mol. The quantitative estimate of drug-likeness (QED) is 0.545. The van der Waals surface area contributed by atoms with Gasteiger partial charge in [0.1, 0.15) is 12.6 Å². The lowest BCUT2D eigenvalue weighted by Gasteiger charge is -2.32. The lowest BCUT2D eigenvalue weighted by Crippen LogP contribution is -2.51. The average molecular weight is 524 g/mol. The number of carbonyl (C=O) groups excluding carboxylic acids is 2. The second kappa shape index (κ2) is 11.0. The van der Waals surface area contributed by atoms with E-state index in [-0.39, 0.29) is 12.5 Å². The molecule has 174 valence electrons. The Morgan fingerprint density at radius 3 is 2.22 bits per heavy atom. The van der Waals surface area contributed by atoms with E-state index in [4.69, 9.17) is 0 Å². The van der Waals surface area contributed by atoms with Gasteiger partial charge in [0.25, 0.3) is 0 Å². The largest absolute Gasteiger partial charge is 0.357 e. The summed E-state index contributed by atoms with van der Waals surface area (Å²) in [4.78, 5) is 27.4. The zero-order valence-electron chi connectivity index (χ0n) is 19.1. The Balaban J connectivity index is 2.43. The maximum atomic E-state index is 13.4. The van der Waals surface area contributed by atoms with Crippen molar-refractivity contribution >= 4 is 43.5 Å². The minimum atomic E-state index is -3.74. The first-order chi connectivity index (χ1) is 15.0. The fourth-order valence-corrected chi connectivity index (χ4v) is 4.46. The summed E-state index contributed by atoms with van der Waals surface area (Å²) in [6.45, 7) is 5.43. The summed E-state index contributed by atoms with van der Waals surface area (Å²) < 4.78 is 27.1. The normalized spacial score (nSPS) is 12.2. The van der Waals surface area contributed by atoms with E-state index in [0.717, 1.165) is 31.7 Å². The highest BCUT2D eigenvalue weighted by atomic mass is 79.9. The lowest BCUT2D eigenvalue weighted by molar-refractivity contribution is -0.140. The van der Waals surface area contributed by atoms with E-state index in [1.165, 1.54) is 11.9 Å². The van der Waals surface area contributed by atoms with Gasteiger partial charge in [0, 0.05) is 18.1 Å². The highest BCUT2D eigenvalue weighted by molar-refractivity contribution is 9.10. The molecule has 0 saturated heterocycles. The zero-order valence-corrected chi connectivity index (χ0v) is 21.5.